The molecule has 0 N–H and O–H groups in total. The van der Waals surface area contributed by atoms with Gasteiger partial charge >= 0.3 is 0 Å². The quantitative estimate of drug-likeness (QED) is 0.617. The average molecular weight is 406 g/mol. The van der Waals surface area contributed by atoms with Gasteiger partial charge in [0.2, 0.25) is 5.89 Å². The lowest BCUT2D eigenvalue weighted by molar-refractivity contribution is 0.131. The maximum Gasteiger partial charge on any atom is 0.223 e. The Morgan fingerprint density at radius 1 is 1.22 bits per heavy atom. The molecule has 2 aromatic heterocycles. The minimum absolute atomic E-state index is 0.140. The molecule has 0 radical (unpaired) electrons. The Bertz CT molecular complexity index is 951. The number of hydrogen-bond acceptors (Lipinski definition) is 5. The van der Waals surface area contributed by atoms with Gasteiger partial charge in [0.15, 0.2) is 5.82 Å². The monoisotopic (exact) mass is 405 g/mol. The van der Waals surface area contributed by atoms with Gasteiger partial charge in [-0.3, -0.25) is 4.90 Å². The van der Waals surface area contributed by atoms with E-state index in [0.29, 0.717) is 22.6 Å². The van der Waals surface area contributed by atoms with E-state index in [9.17, 15) is 0 Å². The second kappa shape index (κ2) is 7.62. The van der Waals surface area contributed by atoms with E-state index >= 15 is 0 Å². The zero-order valence-electron chi connectivity index (χ0n) is 15.3. The van der Waals surface area contributed by atoms with E-state index in [4.69, 9.17) is 27.7 Å². The molecule has 0 saturated carbocycles. The van der Waals surface area contributed by atoms with Gasteiger partial charge in [0.05, 0.1) is 17.4 Å². The first kappa shape index (κ1) is 18.5. The summed E-state index contributed by atoms with van der Waals surface area (Å²) in [6.45, 7) is 5.47. The number of piperidine rings is 1. The summed E-state index contributed by atoms with van der Waals surface area (Å²) in [4.78, 5) is 6.81. The number of nitrogens with zero attached hydrogens (tertiary/aromatic N) is 5. The Labute approximate surface area is 168 Å². The number of benzene rings is 1. The highest BCUT2D eigenvalue weighted by molar-refractivity contribution is 6.31. The molecule has 1 aliphatic heterocycles. The molecule has 4 rings (SSSR count). The fraction of sp³-hybridized carbons (Fsp3) is 0.421. The number of hydrogen-bond donors (Lipinski definition) is 0. The van der Waals surface area contributed by atoms with Crippen molar-refractivity contribution in [1.29, 1.82) is 0 Å². The zero-order valence-corrected chi connectivity index (χ0v) is 16.8. The Hall–Kier alpha value is -1.89. The van der Waals surface area contributed by atoms with Gasteiger partial charge in [-0.15, -0.1) is 0 Å². The molecule has 27 heavy (non-hydrogen) atoms. The standard InChI is InChI=1S/C19H21Cl2N5O/c1-12-16(18(21)26(23-12)15-7-5-6-14(20)10-15)11-25-9-4-3-8-17(25)19-22-13(2)27-24-19/h5-7,10,17H,3-4,8-9,11H2,1-2H3. The molecule has 3 aromatic rings. The molecule has 1 saturated heterocycles. The first-order chi connectivity index (χ1) is 13.0. The molecule has 1 aliphatic rings. The highest BCUT2D eigenvalue weighted by Gasteiger charge is 2.29. The molecule has 0 bridgehead atoms. The van der Waals surface area contributed by atoms with Crippen LogP contribution < -0.4 is 0 Å². The van der Waals surface area contributed by atoms with E-state index in [-0.39, 0.29) is 6.04 Å². The summed E-state index contributed by atoms with van der Waals surface area (Å²) in [7, 11) is 0. The predicted molar refractivity (Wildman–Crippen MR) is 104 cm³/mol. The van der Waals surface area contributed by atoms with E-state index in [2.05, 4.69) is 20.1 Å². The third kappa shape index (κ3) is 3.74. The summed E-state index contributed by atoms with van der Waals surface area (Å²) >= 11 is 12.8. The van der Waals surface area contributed by atoms with Crippen molar-refractivity contribution in [1.82, 2.24) is 24.8 Å². The van der Waals surface area contributed by atoms with Crippen molar-refractivity contribution < 1.29 is 4.52 Å². The highest BCUT2D eigenvalue weighted by Crippen LogP contribution is 2.33. The van der Waals surface area contributed by atoms with Gasteiger partial charge in [-0.2, -0.15) is 10.1 Å². The fourth-order valence-electron chi connectivity index (χ4n) is 3.62. The Kier molecular flexibility index (Phi) is 5.21. The van der Waals surface area contributed by atoms with Crippen LogP contribution in [0.1, 0.15) is 48.3 Å². The second-order valence-corrected chi connectivity index (χ2v) is 7.69. The van der Waals surface area contributed by atoms with Crippen LogP contribution in [0.25, 0.3) is 5.69 Å². The van der Waals surface area contributed by atoms with E-state index in [1.165, 1.54) is 0 Å². The minimum atomic E-state index is 0.140. The predicted octanol–water partition coefficient (Wildman–Crippen LogP) is 4.91. The summed E-state index contributed by atoms with van der Waals surface area (Å²) in [6, 6.07) is 7.67. The zero-order chi connectivity index (χ0) is 19.0. The van der Waals surface area contributed by atoms with E-state index < -0.39 is 0 Å². The molecule has 1 fully saturated rings. The van der Waals surface area contributed by atoms with Gasteiger partial charge in [0.25, 0.3) is 0 Å². The SMILES string of the molecule is Cc1nc(C2CCCCN2Cc2c(C)nn(-c3cccc(Cl)c3)c2Cl)no1. The maximum absolute atomic E-state index is 6.71. The lowest BCUT2D eigenvalue weighted by Crippen LogP contribution is -2.33. The van der Waals surface area contributed by atoms with E-state index in [1.807, 2.05) is 38.1 Å². The fourth-order valence-corrected chi connectivity index (χ4v) is 4.13. The Morgan fingerprint density at radius 3 is 2.81 bits per heavy atom. The average Bonchev–Trinajstić information content (AvgIpc) is 3.20. The molecule has 0 aliphatic carbocycles. The van der Waals surface area contributed by atoms with E-state index in [1.54, 1.807) is 4.68 Å². The van der Waals surface area contributed by atoms with Crippen LogP contribution in [0.3, 0.4) is 0 Å². The summed E-state index contributed by atoms with van der Waals surface area (Å²) in [5, 5.41) is 10.0. The third-order valence-electron chi connectivity index (χ3n) is 4.99. The number of halogens is 2. The molecule has 6 nitrogen and oxygen atoms in total. The van der Waals surface area contributed by atoms with Crippen LogP contribution in [0.15, 0.2) is 28.8 Å². The smallest absolute Gasteiger partial charge is 0.223 e. The van der Waals surface area contributed by atoms with Gasteiger partial charge in [-0.25, -0.2) is 4.68 Å². The van der Waals surface area contributed by atoms with Crippen molar-refractivity contribution >= 4 is 23.2 Å². The Balaban J connectivity index is 1.63. The van der Waals surface area contributed by atoms with Gasteiger partial charge < -0.3 is 4.52 Å². The summed E-state index contributed by atoms with van der Waals surface area (Å²) < 4.78 is 6.94. The maximum atomic E-state index is 6.71. The molecule has 1 unspecified atom stereocenters. The highest BCUT2D eigenvalue weighted by atomic mass is 35.5. The van der Waals surface area contributed by atoms with Gasteiger partial charge in [0.1, 0.15) is 5.15 Å². The van der Waals surface area contributed by atoms with Crippen molar-refractivity contribution in [2.75, 3.05) is 6.54 Å². The van der Waals surface area contributed by atoms with Crippen LogP contribution in [0.4, 0.5) is 0 Å². The normalized spacial score (nSPS) is 18.1. The molecule has 3 heterocycles. The van der Waals surface area contributed by atoms with Crippen molar-refractivity contribution in [3.8, 4) is 5.69 Å². The van der Waals surface area contributed by atoms with Gasteiger partial charge in [-0.1, -0.05) is 40.8 Å². The largest absolute Gasteiger partial charge is 0.340 e. The lowest BCUT2D eigenvalue weighted by Gasteiger charge is -2.33. The van der Waals surface area contributed by atoms with Gasteiger partial charge in [-0.05, 0) is 44.5 Å². The first-order valence-electron chi connectivity index (χ1n) is 9.07. The van der Waals surface area contributed by atoms with Crippen molar-refractivity contribution in [2.24, 2.45) is 0 Å². The topological polar surface area (TPSA) is 60.0 Å². The lowest BCUT2D eigenvalue weighted by atomic mass is 10.0. The van der Waals surface area contributed by atoms with Crippen molar-refractivity contribution in [3.05, 3.63) is 57.4 Å². The summed E-state index contributed by atoms with van der Waals surface area (Å²) in [5.41, 5.74) is 2.78. The number of aromatic nitrogens is 4. The summed E-state index contributed by atoms with van der Waals surface area (Å²) in [6.07, 6.45) is 3.31. The van der Waals surface area contributed by atoms with Crippen LogP contribution >= 0.6 is 23.2 Å². The first-order valence-corrected chi connectivity index (χ1v) is 9.82. The third-order valence-corrected chi connectivity index (χ3v) is 5.61. The number of aryl methyl sites for hydroxylation is 2. The molecule has 1 atom stereocenters. The molecule has 0 spiro atoms. The van der Waals surface area contributed by atoms with Crippen LogP contribution in [-0.2, 0) is 6.54 Å². The van der Waals surface area contributed by atoms with Crippen LogP contribution in [0, 0.1) is 13.8 Å². The van der Waals surface area contributed by atoms with Crippen LogP contribution in [-0.4, -0.2) is 31.4 Å². The number of likely N-dealkylation sites (tertiary alicyclic amines) is 1. The Morgan fingerprint density at radius 2 is 2.07 bits per heavy atom. The second-order valence-electron chi connectivity index (χ2n) is 6.90. The minimum Gasteiger partial charge on any atom is -0.340 e. The summed E-state index contributed by atoms with van der Waals surface area (Å²) in [5.74, 6) is 1.35. The molecule has 1 aromatic carbocycles. The molecule has 0 amide bonds. The molecular weight excluding hydrogens is 385 g/mol. The van der Waals surface area contributed by atoms with Crippen LogP contribution in [0.2, 0.25) is 10.2 Å². The van der Waals surface area contributed by atoms with Crippen molar-refractivity contribution in [2.45, 2.75) is 45.7 Å². The number of rotatable bonds is 4. The van der Waals surface area contributed by atoms with E-state index in [0.717, 1.165) is 48.6 Å². The van der Waals surface area contributed by atoms with Crippen molar-refractivity contribution in [3.63, 3.8) is 0 Å². The molecular formula is C19H21Cl2N5O. The molecule has 142 valence electrons. The van der Waals surface area contributed by atoms with Gasteiger partial charge in [0, 0.05) is 24.1 Å². The van der Waals surface area contributed by atoms with Crippen LogP contribution in [0.5, 0.6) is 0 Å². The molecule has 8 heteroatoms.